The Morgan fingerprint density at radius 3 is 3.08 bits per heavy atom. The van der Waals surface area contributed by atoms with Gasteiger partial charge in [-0.2, -0.15) is 0 Å². The molecule has 0 radical (unpaired) electrons. The van der Waals surface area contributed by atoms with E-state index in [-0.39, 0.29) is 0 Å². The Morgan fingerprint density at radius 1 is 1.46 bits per heavy atom. The number of rotatable bonds is 2. The zero-order valence-electron chi connectivity index (χ0n) is 8.14. The number of hydrogen-bond acceptors (Lipinski definition) is 2. The number of nitrogens with one attached hydrogen (secondary N) is 2. The Bertz CT molecular complexity index is 156. The molecule has 1 aliphatic heterocycles. The lowest BCUT2D eigenvalue weighted by Crippen LogP contribution is -2.41. The molecule has 4 heteroatoms. The van der Waals surface area contributed by atoms with Crippen molar-refractivity contribution in [3.05, 3.63) is 0 Å². The highest BCUT2D eigenvalue weighted by atomic mass is 32.1. The van der Waals surface area contributed by atoms with E-state index in [1.807, 2.05) is 6.92 Å². The fraction of sp³-hybridized carbons (Fsp3) is 0.889. The van der Waals surface area contributed by atoms with Crippen molar-refractivity contribution >= 4 is 17.3 Å². The van der Waals surface area contributed by atoms with Crippen molar-refractivity contribution in [2.24, 2.45) is 0 Å². The lowest BCUT2D eigenvalue weighted by Gasteiger charge is -2.17. The molecule has 0 aromatic heterocycles. The van der Waals surface area contributed by atoms with E-state index in [9.17, 15) is 0 Å². The van der Waals surface area contributed by atoms with Crippen molar-refractivity contribution in [2.45, 2.75) is 32.2 Å². The number of ether oxygens (including phenoxy) is 1. The van der Waals surface area contributed by atoms with Gasteiger partial charge in [-0.15, -0.1) is 0 Å². The second-order valence-corrected chi connectivity index (χ2v) is 3.65. The van der Waals surface area contributed by atoms with Crippen molar-refractivity contribution < 1.29 is 4.74 Å². The maximum atomic E-state index is 5.36. The van der Waals surface area contributed by atoms with Gasteiger partial charge >= 0.3 is 0 Å². The Labute approximate surface area is 85.2 Å². The summed E-state index contributed by atoms with van der Waals surface area (Å²) in [7, 11) is 0. The number of thiocarbonyl (C=S) groups is 1. The monoisotopic (exact) mass is 202 g/mol. The molecule has 0 saturated carbocycles. The van der Waals surface area contributed by atoms with E-state index >= 15 is 0 Å². The van der Waals surface area contributed by atoms with Gasteiger partial charge in [-0.05, 0) is 38.4 Å². The molecular weight excluding hydrogens is 184 g/mol. The van der Waals surface area contributed by atoms with Gasteiger partial charge in [-0.1, -0.05) is 0 Å². The fourth-order valence-corrected chi connectivity index (χ4v) is 1.76. The van der Waals surface area contributed by atoms with E-state index in [1.165, 1.54) is 0 Å². The molecule has 3 nitrogen and oxygen atoms in total. The molecule has 76 valence electrons. The molecule has 0 aliphatic carbocycles. The predicted octanol–water partition coefficient (Wildman–Crippen LogP) is 1.04. The quantitative estimate of drug-likeness (QED) is 0.656. The summed E-state index contributed by atoms with van der Waals surface area (Å²) in [5, 5.41) is 7.17. The third-order valence-corrected chi connectivity index (χ3v) is 2.39. The van der Waals surface area contributed by atoms with Crippen LogP contribution in [0.3, 0.4) is 0 Å². The molecule has 1 heterocycles. The van der Waals surface area contributed by atoms with Crippen LogP contribution in [0.2, 0.25) is 0 Å². The van der Waals surface area contributed by atoms with Crippen LogP contribution < -0.4 is 10.6 Å². The van der Waals surface area contributed by atoms with Crippen LogP contribution in [-0.2, 0) is 4.74 Å². The Balaban J connectivity index is 2.21. The summed E-state index contributed by atoms with van der Waals surface area (Å²) in [6.07, 6.45) is 3.35. The molecular formula is C9H18N2OS. The second-order valence-electron chi connectivity index (χ2n) is 3.24. The smallest absolute Gasteiger partial charge is 0.166 e. The Kier molecular flexibility index (Phi) is 5.08. The highest BCUT2D eigenvalue weighted by Crippen LogP contribution is 2.07. The highest BCUT2D eigenvalue weighted by molar-refractivity contribution is 7.80. The summed E-state index contributed by atoms with van der Waals surface area (Å²) < 4.78 is 5.36. The van der Waals surface area contributed by atoms with Crippen LogP contribution in [0.15, 0.2) is 0 Å². The van der Waals surface area contributed by atoms with Gasteiger partial charge in [0.25, 0.3) is 0 Å². The van der Waals surface area contributed by atoms with Gasteiger partial charge in [-0.3, -0.25) is 0 Å². The molecule has 1 aliphatic rings. The first-order chi connectivity index (χ1) is 6.33. The molecule has 0 spiro atoms. The molecule has 0 amide bonds. The lowest BCUT2D eigenvalue weighted by molar-refractivity contribution is 0.143. The summed E-state index contributed by atoms with van der Waals surface area (Å²) in [4.78, 5) is 0. The van der Waals surface area contributed by atoms with Gasteiger partial charge in [0, 0.05) is 25.8 Å². The molecule has 0 aromatic carbocycles. The summed E-state index contributed by atoms with van der Waals surface area (Å²) in [6, 6.07) is 0.494. The van der Waals surface area contributed by atoms with E-state index in [0.29, 0.717) is 6.04 Å². The topological polar surface area (TPSA) is 33.3 Å². The molecule has 1 rings (SSSR count). The van der Waals surface area contributed by atoms with Crippen LogP contribution in [0, 0.1) is 0 Å². The van der Waals surface area contributed by atoms with Gasteiger partial charge in [0.2, 0.25) is 0 Å². The average Bonchev–Trinajstić information content (AvgIpc) is 2.33. The normalized spacial score (nSPS) is 23.3. The second kappa shape index (κ2) is 6.16. The third-order valence-electron chi connectivity index (χ3n) is 2.12. The standard InChI is InChI=1S/C9H18N2OS/c1-2-10-9(13)11-8-4-3-6-12-7-5-8/h8H,2-7H2,1H3,(H2,10,11,13). The SMILES string of the molecule is CCNC(=S)NC1CCCOCC1. The van der Waals surface area contributed by atoms with Crippen LogP contribution in [0.1, 0.15) is 26.2 Å². The number of hydrogen-bond donors (Lipinski definition) is 2. The van der Waals surface area contributed by atoms with Crippen molar-refractivity contribution in [3.8, 4) is 0 Å². The van der Waals surface area contributed by atoms with Crippen molar-refractivity contribution in [3.63, 3.8) is 0 Å². The molecule has 0 bridgehead atoms. The van der Waals surface area contributed by atoms with Gasteiger partial charge < -0.3 is 15.4 Å². The first-order valence-electron chi connectivity index (χ1n) is 4.95. The van der Waals surface area contributed by atoms with Crippen LogP contribution in [-0.4, -0.2) is 30.9 Å². The summed E-state index contributed by atoms with van der Waals surface area (Å²) in [6.45, 7) is 4.68. The van der Waals surface area contributed by atoms with E-state index in [1.54, 1.807) is 0 Å². The zero-order chi connectivity index (χ0) is 9.52. The van der Waals surface area contributed by atoms with Crippen LogP contribution in [0.4, 0.5) is 0 Å². The maximum Gasteiger partial charge on any atom is 0.166 e. The molecule has 0 aromatic rings. The van der Waals surface area contributed by atoms with Crippen molar-refractivity contribution in [1.29, 1.82) is 0 Å². The first kappa shape index (κ1) is 10.7. The van der Waals surface area contributed by atoms with E-state index in [4.69, 9.17) is 17.0 Å². The van der Waals surface area contributed by atoms with Gasteiger partial charge in [0.1, 0.15) is 0 Å². The van der Waals surface area contributed by atoms with Gasteiger partial charge in [0.05, 0.1) is 0 Å². The Morgan fingerprint density at radius 2 is 2.31 bits per heavy atom. The van der Waals surface area contributed by atoms with E-state index in [2.05, 4.69) is 10.6 Å². The van der Waals surface area contributed by atoms with Crippen LogP contribution in [0.25, 0.3) is 0 Å². The average molecular weight is 202 g/mol. The molecule has 1 unspecified atom stereocenters. The van der Waals surface area contributed by atoms with E-state index < -0.39 is 0 Å². The lowest BCUT2D eigenvalue weighted by atomic mass is 10.1. The van der Waals surface area contributed by atoms with Gasteiger partial charge in [0.15, 0.2) is 5.11 Å². The van der Waals surface area contributed by atoms with Crippen LogP contribution in [0.5, 0.6) is 0 Å². The first-order valence-corrected chi connectivity index (χ1v) is 5.36. The van der Waals surface area contributed by atoms with Crippen molar-refractivity contribution in [1.82, 2.24) is 10.6 Å². The molecule has 2 N–H and O–H groups in total. The third kappa shape index (κ3) is 4.43. The largest absolute Gasteiger partial charge is 0.381 e. The minimum absolute atomic E-state index is 0.494. The molecule has 1 fully saturated rings. The summed E-state index contributed by atoms with van der Waals surface area (Å²) >= 11 is 5.12. The van der Waals surface area contributed by atoms with E-state index in [0.717, 1.165) is 44.1 Å². The Hall–Kier alpha value is -0.350. The minimum Gasteiger partial charge on any atom is -0.381 e. The van der Waals surface area contributed by atoms with Crippen LogP contribution >= 0.6 is 12.2 Å². The summed E-state index contributed by atoms with van der Waals surface area (Å²) in [5.41, 5.74) is 0. The summed E-state index contributed by atoms with van der Waals surface area (Å²) in [5.74, 6) is 0. The molecule has 1 saturated heterocycles. The predicted molar refractivity (Wildman–Crippen MR) is 57.9 cm³/mol. The fourth-order valence-electron chi connectivity index (χ4n) is 1.45. The van der Waals surface area contributed by atoms with Crippen molar-refractivity contribution in [2.75, 3.05) is 19.8 Å². The maximum absolute atomic E-state index is 5.36. The highest BCUT2D eigenvalue weighted by Gasteiger charge is 2.12. The van der Waals surface area contributed by atoms with Gasteiger partial charge in [-0.25, -0.2) is 0 Å². The molecule has 1 atom stereocenters. The minimum atomic E-state index is 0.494. The molecule has 13 heavy (non-hydrogen) atoms. The zero-order valence-corrected chi connectivity index (χ0v) is 8.95.